The van der Waals surface area contributed by atoms with Gasteiger partial charge in [-0.05, 0) is 23.8 Å². The SMILES string of the molecule is Fc1ccc([C@@]2(Cn3cncn3)OC2c2ccccc2Cl)cc1. The van der Waals surface area contributed by atoms with Gasteiger partial charge in [0.1, 0.15) is 30.2 Å². The van der Waals surface area contributed by atoms with Crippen LogP contribution in [0.4, 0.5) is 4.39 Å². The van der Waals surface area contributed by atoms with Crippen molar-refractivity contribution >= 4 is 11.6 Å². The highest BCUT2D eigenvalue weighted by atomic mass is 35.5. The summed E-state index contributed by atoms with van der Waals surface area (Å²) in [5.41, 5.74) is 1.18. The van der Waals surface area contributed by atoms with Crippen LogP contribution in [0.3, 0.4) is 0 Å². The molecule has 23 heavy (non-hydrogen) atoms. The molecule has 0 spiro atoms. The average Bonchev–Trinajstić information content (AvgIpc) is 3.02. The number of rotatable bonds is 4. The minimum Gasteiger partial charge on any atom is -0.354 e. The lowest BCUT2D eigenvalue weighted by molar-refractivity contribution is 0.262. The molecule has 116 valence electrons. The molecule has 0 N–H and O–H groups in total. The summed E-state index contributed by atoms with van der Waals surface area (Å²) in [4.78, 5) is 3.97. The molecule has 1 saturated heterocycles. The van der Waals surface area contributed by atoms with Crippen molar-refractivity contribution in [1.29, 1.82) is 0 Å². The molecule has 1 aliphatic heterocycles. The van der Waals surface area contributed by atoms with Gasteiger partial charge < -0.3 is 4.74 Å². The Hall–Kier alpha value is -2.24. The van der Waals surface area contributed by atoms with Crippen LogP contribution in [0.5, 0.6) is 0 Å². The van der Waals surface area contributed by atoms with Gasteiger partial charge in [0.05, 0.1) is 6.54 Å². The molecule has 2 atom stereocenters. The van der Waals surface area contributed by atoms with Gasteiger partial charge in [0.2, 0.25) is 0 Å². The van der Waals surface area contributed by atoms with Crippen molar-refractivity contribution in [3.8, 4) is 0 Å². The van der Waals surface area contributed by atoms with Crippen LogP contribution < -0.4 is 0 Å². The molecule has 4 rings (SSSR count). The Morgan fingerprint density at radius 2 is 1.96 bits per heavy atom. The number of hydrogen-bond donors (Lipinski definition) is 0. The third kappa shape index (κ3) is 2.52. The summed E-state index contributed by atoms with van der Waals surface area (Å²) in [6.45, 7) is 0.481. The van der Waals surface area contributed by atoms with Gasteiger partial charge in [-0.25, -0.2) is 14.1 Å². The maximum atomic E-state index is 13.3. The van der Waals surface area contributed by atoms with E-state index in [1.165, 1.54) is 18.5 Å². The first-order valence-electron chi connectivity index (χ1n) is 7.20. The highest BCUT2D eigenvalue weighted by Crippen LogP contribution is 2.59. The summed E-state index contributed by atoms with van der Waals surface area (Å²) in [6.07, 6.45) is 2.91. The lowest BCUT2D eigenvalue weighted by atomic mass is 9.91. The van der Waals surface area contributed by atoms with Gasteiger partial charge in [-0.2, -0.15) is 5.10 Å². The molecule has 1 aromatic heterocycles. The normalized spacial score (nSPS) is 23.0. The zero-order valence-corrected chi connectivity index (χ0v) is 12.8. The second-order valence-corrected chi connectivity index (χ2v) is 5.92. The molecular weight excluding hydrogens is 317 g/mol. The van der Waals surface area contributed by atoms with Gasteiger partial charge in [0.25, 0.3) is 0 Å². The number of nitrogens with zero attached hydrogens (tertiary/aromatic N) is 3. The number of benzene rings is 2. The van der Waals surface area contributed by atoms with E-state index in [1.807, 2.05) is 24.3 Å². The molecule has 1 aliphatic rings. The number of epoxide rings is 1. The maximum Gasteiger partial charge on any atom is 0.144 e. The van der Waals surface area contributed by atoms with Crippen LogP contribution in [0.25, 0.3) is 0 Å². The van der Waals surface area contributed by atoms with Crippen molar-refractivity contribution in [1.82, 2.24) is 14.8 Å². The topological polar surface area (TPSA) is 43.2 Å². The van der Waals surface area contributed by atoms with E-state index in [4.69, 9.17) is 16.3 Å². The lowest BCUT2D eigenvalue weighted by Crippen LogP contribution is -2.19. The molecule has 0 amide bonds. The van der Waals surface area contributed by atoms with Crippen molar-refractivity contribution in [2.45, 2.75) is 18.2 Å². The van der Waals surface area contributed by atoms with Crippen LogP contribution in [0.2, 0.25) is 5.02 Å². The third-order valence-corrected chi connectivity index (χ3v) is 4.42. The third-order valence-electron chi connectivity index (χ3n) is 4.08. The Balaban J connectivity index is 1.74. The number of halogens is 2. The van der Waals surface area contributed by atoms with E-state index in [2.05, 4.69) is 10.1 Å². The zero-order valence-electron chi connectivity index (χ0n) is 12.1. The molecule has 1 fully saturated rings. The fourth-order valence-corrected chi connectivity index (χ4v) is 3.13. The van der Waals surface area contributed by atoms with E-state index in [9.17, 15) is 4.39 Å². The largest absolute Gasteiger partial charge is 0.354 e. The van der Waals surface area contributed by atoms with Gasteiger partial charge in [-0.15, -0.1) is 0 Å². The van der Waals surface area contributed by atoms with Crippen LogP contribution in [-0.4, -0.2) is 14.8 Å². The summed E-state index contributed by atoms with van der Waals surface area (Å²) >= 11 is 6.31. The van der Waals surface area contributed by atoms with Gasteiger partial charge in [-0.1, -0.05) is 41.9 Å². The van der Waals surface area contributed by atoms with E-state index in [1.54, 1.807) is 23.1 Å². The molecule has 2 aromatic carbocycles. The Morgan fingerprint density at radius 1 is 1.17 bits per heavy atom. The minimum atomic E-state index is -0.619. The first-order chi connectivity index (χ1) is 11.2. The number of aromatic nitrogens is 3. The Bertz CT molecular complexity index is 822. The maximum absolute atomic E-state index is 13.3. The fraction of sp³-hybridized carbons (Fsp3) is 0.176. The molecule has 1 unspecified atom stereocenters. The first kappa shape index (κ1) is 14.4. The van der Waals surface area contributed by atoms with E-state index < -0.39 is 5.60 Å². The van der Waals surface area contributed by atoms with E-state index >= 15 is 0 Å². The summed E-state index contributed by atoms with van der Waals surface area (Å²) < 4.78 is 21.1. The molecule has 0 bridgehead atoms. The molecule has 6 heteroatoms. The van der Waals surface area contributed by atoms with Crippen LogP contribution >= 0.6 is 11.6 Å². The van der Waals surface area contributed by atoms with Gasteiger partial charge in [0.15, 0.2) is 0 Å². The van der Waals surface area contributed by atoms with Crippen molar-refractivity contribution < 1.29 is 9.13 Å². The summed E-state index contributed by atoms with van der Waals surface area (Å²) in [5.74, 6) is -0.278. The standard InChI is InChI=1S/C17H13ClFN3O/c18-15-4-2-1-3-14(15)16-17(23-16,9-22-11-20-10-21-22)12-5-7-13(19)8-6-12/h1-8,10-11,16H,9H2/t16?,17-/m1/s1. The van der Waals surface area contributed by atoms with Crippen molar-refractivity contribution in [3.05, 3.63) is 83.2 Å². The average molecular weight is 330 g/mol. The number of hydrogen-bond acceptors (Lipinski definition) is 3. The quantitative estimate of drug-likeness (QED) is 0.685. The van der Waals surface area contributed by atoms with Crippen molar-refractivity contribution in [2.75, 3.05) is 0 Å². The van der Waals surface area contributed by atoms with Crippen molar-refractivity contribution in [2.24, 2.45) is 0 Å². The van der Waals surface area contributed by atoms with Crippen LogP contribution in [0, 0.1) is 5.82 Å². The fourth-order valence-electron chi connectivity index (χ4n) is 2.90. The van der Waals surface area contributed by atoms with E-state index in [0.29, 0.717) is 11.6 Å². The Kier molecular flexibility index (Phi) is 3.39. The molecular formula is C17H13ClFN3O. The van der Waals surface area contributed by atoms with E-state index in [-0.39, 0.29) is 11.9 Å². The predicted octanol–water partition coefficient (Wildman–Crippen LogP) is 3.74. The van der Waals surface area contributed by atoms with Crippen LogP contribution in [0.1, 0.15) is 17.2 Å². The monoisotopic (exact) mass is 329 g/mol. The molecule has 0 saturated carbocycles. The molecule has 2 heterocycles. The van der Waals surface area contributed by atoms with Gasteiger partial charge in [-0.3, -0.25) is 0 Å². The molecule has 0 aliphatic carbocycles. The summed E-state index contributed by atoms with van der Waals surface area (Å²) in [7, 11) is 0. The Morgan fingerprint density at radius 3 is 2.65 bits per heavy atom. The molecule has 0 radical (unpaired) electrons. The van der Waals surface area contributed by atoms with E-state index in [0.717, 1.165) is 11.1 Å². The first-order valence-corrected chi connectivity index (χ1v) is 7.57. The summed E-state index contributed by atoms with van der Waals surface area (Å²) in [5, 5.41) is 4.81. The molecule has 3 aromatic rings. The molecule has 4 nitrogen and oxygen atoms in total. The minimum absolute atomic E-state index is 0.203. The van der Waals surface area contributed by atoms with Crippen LogP contribution in [0.15, 0.2) is 61.2 Å². The zero-order chi connectivity index (χ0) is 15.9. The van der Waals surface area contributed by atoms with Gasteiger partial charge >= 0.3 is 0 Å². The van der Waals surface area contributed by atoms with Crippen LogP contribution in [-0.2, 0) is 16.9 Å². The van der Waals surface area contributed by atoms with Crippen molar-refractivity contribution in [3.63, 3.8) is 0 Å². The second kappa shape index (κ2) is 5.44. The highest BCUT2D eigenvalue weighted by molar-refractivity contribution is 6.31. The van der Waals surface area contributed by atoms with Gasteiger partial charge in [0, 0.05) is 10.6 Å². The second-order valence-electron chi connectivity index (χ2n) is 5.51. The smallest absolute Gasteiger partial charge is 0.144 e. The highest BCUT2D eigenvalue weighted by Gasteiger charge is 2.59. The number of ether oxygens (including phenoxy) is 1. The predicted molar refractivity (Wildman–Crippen MR) is 83.4 cm³/mol. The lowest BCUT2D eigenvalue weighted by Gasteiger charge is -2.14. The Labute approximate surface area is 137 Å². The summed E-state index contributed by atoms with van der Waals surface area (Å²) in [6, 6.07) is 13.9.